The van der Waals surface area contributed by atoms with E-state index >= 15 is 0 Å². The number of hydrogen-bond donors (Lipinski definition) is 4. The predicted octanol–water partition coefficient (Wildman–Crippen LogP) is 4.92. The fourth-order valence-electron chi connectivity index (χ4n) is 10.2. The highest BCUT2D eigenvalue weighted by Gasteiger charge is 2.43. The lowest BCUT2D eigenvalue weighted by molar-refractivity contribution is -0.149. The van der Waals surface area contributed by atoms with Crippen molar-refractivity contribution in [2.45, 2.75) is 175 Å². The second-order valence-electron chi connectivity index (χ2n) is 26.1. The molecule has 0 aliphatic carbocycles. The summed E-state index contributed by atoms with van der Waals surface area (Å²) in [5.74, 6) is -10.8. The number of nitrogens with zero attached hydrogens (tertiary/aromatic N) is 7. The summed E-state index contributed by atoms with van der Waals surface area (Å²) in [6.45, 7) is 16.8. The summed E-state index contributed by atoms with van der Waals surface area (Å²) < 4.78 is 55.6. The van der Waals surface area contributed by atoms with Gasteiger partial charge in [-0.2, -0.15) is 13.2 Å². The number of aryl methyl sites for hydroxylation is 1. The van der Waals surface area contributed by atoms with Gasteiger partial charge in [-0.3, -0.25) is 52.7 Å². The number of amides is 11. The highest BCUT2D eigenvalue weighted by molar-refractivity contribution is 6.30. The maximum Gasteiger partial charge on any atom is 0.419 e. The van der Waals surface area contributed by atoms with Gasteiger partial charge in [0.2, 0.25) is 65.0 Å². The van der Waals surface area contributed by atoms with Crippen LogP contribution in [0.15, 0.2) is 42.5 Å². The molecular weight excluding hydrogens is 1210 g/mol. The number of halogens is 5. The zero-order valence-corrected chi connectivity index (χ0v) is 56.7. The Bertz CT molecular complexity index is 2930. The molecule has 91 heavy (non-hydrogen) atoms. The lowest BCUT2D eigenvalue weighted by Crippen LogP contribution is -2.63. The summed E-state index contributed by atoms with van der Waals surface area (Å²) in [6, 6.07) is -0.0372. The maximum atomic E-state index is 14.9. The lowest BCUT2D eigenvalue weighted by atomic mass is 9.95. The molecule has 508 valence electrons. The molecule has 1 aliphatic heterocycles. The molecule has 1 aliphatic rings. The fraction of sp³-hybridized carbons (Fsp3) is 0.641. The minimum Gasteiger partial charge on any atom is -0.343 e. The predicted molar refractivity (Wildman–Crippen MR) is 336 cm³/mol. The molecule has 0 aromatic heterocycles. The van der Waals surface area contributed by atoms with Gasteiger partial charge in [0.15, 0.2) is 0 Å². The van der Waals surface area contributed by atoms with E-state index in [1.807, 2.05) is 27.7 Å². The lowest BCUT2D eigenvalue weighted by Gasteiger charge is -2.39. The Morgan fingerprint density at radius 1 is 0.560 bits per heavy atom. The van der Waals surface area contributed by atoms with Gasteiger partial charge in [0.1, 0.15) is 47.6 Å². The van der Waals surface area contributed by atoms with Crippen molar-refractivity contribution in [3.8, 4) is 0 Å². The minimum absolute atomic E-state index is 0.0127. The van der Waals surface area contributed by atoms with Crippen molar-refractivity contribution in [2.75, 3.05) is 69.0 Å². The van der Waals surface area contributed by atoms with Crippen molar-refractivity contribution in [3.63, 3.8) is 0 Å². The molecule has 1 fully saturated rings. The van der Waals surface area contributed by atoms with Crippen LogP contribution in [-0.4, -0.2) is 216 Å². The van der Waals surface area contributed by atoms with E-state index in [0.717, 1.165) is 30.6 Å². The van der Waals surface area contributed by atoms with Crippen molar-refractivity contribution >= 4 is 76.6 Å². The van der Waals surface area contributed by atoms with Crippen LogP contribution in [0.5, 0.6) is 0 Å². The summed E-state index contributed by atoms with van der Waals surface area (Å²) in [5, 5.41) is 11.2. The van der Waals surface area contributed by atoms with Gasteiger partial charge in [-0.05, 0) is 112 Å². The quantitative estimate of drug-likeness (QED) is 0.207. The van der Waals surface area contributed by atoms with Gasteiger partial charge in [-0.1, -0.05) is 85.2 Å². The Morgan fingerprint density at radius 2 is 1.08 bits per heavy atom. The molecule has 1 saturated heterocycles. The summed E-state index contributed by atoms with van der Waals surface area (Å²) in [5.41, 5.74) is -2.72. The minimum atomic E-state index is -5.01. The third-order valence-corrected chi connectivity index (χ3v) is 16.7. The smallest absolute Gasteiger partial charge is 0.343 e. The van der Waals surface area contributed by atoms with Crippen LogP contribution in [0.2, 0.25) is 5.02 Å². The molecule has 22 nitrogen and oxygen atoms in total. The second-order valence-corrected chi connectivity index (χ2v) is 26.6. The van der Waals surface area contributed by atoms with E-state index in [9.17, 15) is 70.3 Å². The van der Waals surface area contributed by atoms with Crippen molar-refractivity contribution in [1.29, 1.82) is 0 Å². The Morgan fingerprint density at radius 3 is 1.60 bits per heavy atom. The molecule has 0 unspecified atom stereocenters. The fourth-order valence-corrected chi connectivity index (χ4v) is 10.4. The van der Waals surface area contributed by atoms with Crippen molar-refractivity contribution in [1.82, 2.24) is 55.6 Å². The Labute approximate surface area is 538 Å². The number of benzene rings is 2. The number of carbonyl (C=O) groups is 11. The van der Waals surface area contributed by atoms with Crippen LogP contribution in [0.25, 0.3) is 0 Å². The molecule has 0 radical (unpaired) electrons. The number of likely N-dealkylation sites (N-methyl/N-ethyl adjacent to an activating group) is 7. The van der Waals surface area contributed by atoms with E-state index in [1.165, 1.54) is 73.0 Å². The molecule has 4 N–H and O–H groups in total. The van der Waals surface area contributed by atoms with E-state index in [0.29, 0.717) is 22.7 Å². The molecule has 0 bridgehead atoms. The molecule has 0 spiro atoms. The molecule has 3 rings (SSSR count). The van der Waals surface area contributed by atoms with Crippen LogP contribution in [-0.2, 0) is 71.8 Å². The standard InChI is InChI=1S/C64H96ClF4N11O11/c1-36(2)27-47-58(87)77(15)40(9)30-52(82)78(16)49(29-38(5)6)57(86)73-55(39(7)8)61(90)76(14)34-53(83)74(12)35-54(84)79(17)50(32-42-19-23-43(65)24-20-42)60(89)75(13)33-51(81)70-46(26-22-41-21-25-44(45(66)31-41)64(67,68)69)56(85)71-48(28-37(3)4)59(88)80(18)63(10,11)62(91)72-47/h19-21,23-25,31,36-40,46-50,55H,22,26-30,32-35H2,1-18H3,(H,70,81)(H,71,85)(H,72,91)(H,73,86)/t40-,46+,47+,48+,49+,50+,55+/m1/s1. The number of carbonyl (C=O) groups excluding carboxylic acids is 11. The van der Waals surface area contributed by atoms with Crippen molar-refractivity contribution in [3.05, 3.63) is 70.0 Å². The zero-order valence-electron chi connectivity index (χ0n) is 56.0. The molecule has 0 saturated carbocycles. The number of nitrogens with one attached hydrogen (secondary N) is 4. The van der Waals surface area contributed by atoms with Gasteiger partial charge in [-0.25, -0.2) is 4.39 Å². The first-order valence-corrected chi connectivity index (χ1v) is 31.0. The van der Waals surface area contributed by atoms with Crippen molar-refractivity contribution < 1.29 is 70.3 Å². The van der Waals surface area contributed by atoms with Crippen LogP contribution in [0, 0.1) is 29.5 Å². The van der Waals surface area contributed by atoms with E-state index in [1.54, 1.807) is 58.9 Å². The van der Waals surface area contributed by atoms with Gasteiger partial charge < -0.3 is 55.6 Å². The van der Waals surface area contributed by atoms with E-state index in [4.69, 9.17) is 11.6 Å². The first-order chi connectivity index (χ1) is 42.0. The maximum absolute atomic E-state index is 14.9. The second kappa shape index (κ2) is 33.8. The zero-order chi connectivity index (χ0) is 69.5. The van der Waals surface area contributed by atoms with Crippen molar-refractivity contribution in [2.24, 2.45) is 23.7 Å². The topological polar surface area (TPSA) is 259 Å². The van der Waals surface area contributed by atoms with Crippen LogP contribution in [0.3, 0.4) is 0 Å². The van der Waals surface area contributed by atoms with E-state index in [2.05, 4.69) is 21.3 Å². The molecule has 7 atom stereocenters. The summed E-state index contributed by atoms with van der Waals surface area (Å²) in [4.78, 5) is 166. The van der Waals surface area contributed by atoms with Crippen LogP contribution in [0.1, 0.15) is 125 Å². The highest BCUT2D eigenvalue weighted by Crippen LogP contribution is 2.32. The molecule has 2 aromatic rings. The Hall–Kier alpha value is -7.38. The SMILES string of the molecule is CC(C)C[C@@H]1NC(=O)C(C)(C)N(C)C(=O)[C@H](CC(C)C)NC(=O)[C@H](CCc2ccc(C(F)(F)F)c(F)c2)NC(=O)CN(C)C(=O)[C@H](Cc2ccc(Cl)cc2)N(C)C(=O)CN(C)C(=O)CN(C)C(=O)[C@H](C(C)C)NC(=O)[C@H](CC(C)C)N(C)C(=O)C[C@@H](C)N(C)C1=O. The van der Waals surface area contributed by atoms with Crippen LogP contribution >= 0.6 is 11.6 Å². The largest absolute Gasteiger partial charge is 0.419 e. The third-order valence-electron chi connectivity index (χ3n) is 16.4. The van der Waals surface area contributed by atoms with E-state index < -0.39 is 156 Å². The van der Waals surface area contributed by atoms with Gasteiger partial charge in [-0.15, -0.1) is 0 Å². The van der Waals surface area contributed by atoms with Gasteiger partial charge >= 0.3 is 6.18 Å². The molecule has 27 heteroatoms. The molecule has 2 aromatic carbocycles. The number of alkyl halides is 3. The normalized spacial score (nSPS) is 23.4. The monoisotopic (exact) mass is 1310 g/mol. The molecular formula is C64H96ClF4N11O11. The first-order valence-electron chi connectivity index (χ1n) is 30.6. The average molecular weight is 1310 g/mol. The van der Waals surface area contributed by atoms with Gasteiger partial charge in [0, 0.05) is 73.2 Å². The first kappa shape index (κ1) is 77.9. The van der Waals surface area contributed by atoms with Crippen LogP contribution < -0.4 is 21.3 Å². The number of rotatable bonds is 12. The highest BCUT2D eigenvalue weighted by atomic mass is 35.5. The average Bonchev–Trinajstić information content (AvgIpc) is 1.20. The van der Waals surface area contributed by atoms with Crippen LogP contribution in [0.4, 0.5) is 17.6 Å². The molecule has 11 amide bonds. The van der Waals surface area contributed by atoms with Gasteiger partial charge in [0.05, 0.1) is 25.2 Å². The Kier molecular flexibility index (Phi) is 28.9. The summed E-state index contributed by atoms with van der Waals surface area (Å²) in [7, 11) is 9.48. The third kappa shape index (κ3) is 22.5. The summed E-state index contributed by atoms with van der Waals surface area (Å²) in [6.07, 6.45) is -5.81. The molecule has 1 heterocycles. The Balaban J connectivity index is 2.23. The van der Waals surface area contributed by atoms with Gasteiger partial charge in [0.25, 0.3) is 0 Å². The number of hydrogen-bond acceptors (Lipinski definition) is 11. The van der Waals surface area contributed by atoms with E-state index in [-0.39, 0.29) is 68.3 Å². The summed E-state index contributed by atoms with van der Waals surface area (Å²) >= 11 is 6.18.